The summed E-state index contributed by atoms with van der Waals surface area (Å²) in [6.45, 7) is 5.51. The molecule has 0 heterocycles. The van der Waals surface area contributed by atoms with Crippen molar-refractivity contribution in [1.29, 1.82) is 5.41 Å². The van der Waals surface area contributed by atoms with Crippen molar-refractivity contribution in [2.75, 3.05) is 19.6 Å². The largest absolute Gasteiger partial charge is 0.401 e. The molecule has 3 N–H and O–H groups in total. The van der Waals surface area contributed by atoms with Gasteiger partial charge in [-0.25, -0.2) is 0 Å². The van der Waals surface area contributed by atoms with E-state index in [0.29, 0.717) is 32.4 Å². The van der Waals surface area contributed by atoms with Crippen LogP contribution in [0.25, 0.3) is 0 Å². The van der Waals surface area contributed by atoms with Gasteiger partial charge < -0.3 is 5.73 Å². The first-order chi connectivity index (χ1) is 8.08. The highest BCUT2D eigenvalue weighted by molar-refractivity contribution is 5.82. The van der Waals surface area contributed by atoms with Gasteiger partial charge in [0.1, 0.15) is 0 Å². The van der Waals surface area contributed by atoms with E-state index in [1.165, 1.54) is 4.90 Å². The maximum absolute atomic E-state index is 12.3. The Bertz CT molecular complexity index is 262. The molecule has 0 aliphatic carbocycles. The molecule has 0 amide bonds. The zero-order chi connectivity index (χ0) is 14.4. The Labute approximate surface area is 107 Å². The Morgan fingerprint density at radius 3 is 2.17 bits per heavy atom. The summed E-state index contributed by atoms with van der Waals surface area (Å²) in [7, 11) is 0. The number of nitrogens with zero attached hydrogens (tertiary/aromatic N) is 1. The summed E-state index contributed by atoms with van der Waals surface area (Å²) in [5.41, 5.74) is 5.00. The average molecular weight is 267 g/mol. The number of hydrogen-bond donors (Lipinski definition) is 2. The van der Waals surface area contributed by atoms with E-state index in [-0.39, 0.29) is 5.84 Å². The smallest absolute Gasteiger partial charge is 0.387 e. The number of rotatable bonds is 8. The molecule has 0 aliphatic heterocycles. The van der Waals surface area contributed by atoms with E-state index in [4.69, 9.17) is 11.1 Å². The minimum absolute atomic E-state index is 0.0837. The van der Waals surface area contributed by atoms with Gasteiger partial charge >= 0.3 is 6.18 Å². The monoisotopic (exact) mass is 267 g/mol. The van der Waals surface area contributed by atoms with Crippen molar-refractivity contribution in [2.24, 2.45) is 11.1 Å². The lowest BCUT2D eigenvalue weighted by Crippen LogP contribution is -2.37. The molecule has 108 valence electrons. The Hall–Kier alpha value is -0.780. The van der Waals surface area contributed by atoms with Crippen LogP contribution in [-0.2, 0) is 0 Å². The van der Waals surface area contributed by atoms with Gasteiger partial charge in [-0.3, -0.25) is 10.3 Å². The summed E-state index contributed by atoms with van der Waals surface area (Å²) in [4.78, 5) is 1.41. The molecular weight excluding hydrogens is 243 g/mol. The number of amidine groups is 1. The fourth-order valence-electron chi connectivity index (χ4n) is 1.72. The van der Waals surface area contributed by atoms with E-state index in [1.54, 1.807) is 0 Å². The molecular formula is C12H24F3N3. The third kappa shape index (κ3) is 7.53. The van der Waals surface area contributed by atoms with Crippen LogP contribution in [0.5, 0.6) is 0 Å². The van der Waals surface area contributed by atoms with Gasteiger partial charge in [0.2, 0.25) is 0 Å². The highest BCUT2D eigenvalue weighted by atomic mass is 19.4. The van der Waals surface area contributed by atoms with Gasteiger partial charge in [-0.05, 0) is 32.4 Å². The molecule has 0 aromatic heterocycles. The molecule has 0 fully saturated rings. The molecule has 0 unspecified atom stereocenters. The molecule has 0 aromatic carbocycles. The van der Waals surface area contributed by atoms with Crippen molar-refractivity contribution in [3.63, 3.8) is 0 Å². The van der Waals surface area contributed by atoms with Crippen molar-refractivity contribution in [3.8, 4) is 0 Å². The van der Waals surface area contributed by atoms with Gasteiger partial charge in [-0.2, -0.15) is 13.2 Å². The van der Waals surface area contributed by atoms with Gasteiger partial charge in [0.25, 0.3) is 0 Å². The molecule has 3 nitrogen and oxygen atoms in total. The van der Waals surface area contributed by atoms with Crippen LogP contribution in [0, 0.1) is 10.8 Å². The van der Waals surface area contributed by atoms with Crippen LogP contribution >= 0.6 is 0 Å². The van der Waals surface area contributed by atoms with E-state index in [1.807, 2.05) is 20.8 Å². The highest BCUT2D eigenvalue weighted by Crippen LogP contribution is 2.23. The van der Waals surface area contributed by atoms with Crippen molar-refractivity contribution in [1.82, 2.24) is 4.90 Å². The van der Waals surface area contributed by atoms with Crippen LogP contribution in [0.1, 0.15) is 40.0 Å². The average Bonchev–Trinajstić information content (AvgIpc) is 2.14. The molecule has 0 radical (unpaired) electrons. The Balaban J connectivity index is 4.16. The van der Waals surface area contributed by atoms with Gasteiger partial charge in [0, 0.05) is 5.41 Å². The molecule has 0 spiro atoms. The number of nitrogens with one attached hydrogen (secondary N) is 1. The molecule has 0 atom stereocenters. The summed E-state index contributed by atoms with van der Waals surface area (Å²) in [5, 5.41) is 7.39. The van der Waals surface area contributed by atoms with Crippen LogP contribution in [0.2, 0.25) is 0 Å². The molecule has 0 rings (SSSR count). The quantitative estimate of drug-likeness (QED) is 0.524. The van der Waals surface area contributed by atoms with E-state index in [2.05, 4.69) is 0 Å². The van der Waals surface area contributed by atoms with Gasteiger partial charge in [0.05, 0.1) is 12.4 Å². The minimum Gasteiger partial charge on any atom is -0.387 e. The van der Waals surface area contributed by atoms with E-state index >= 15 is 0 Å². The molecule has 0 bridgehead atoms. The summed E-state index contributed by atoms with van der Waals surface area (Å²) < 4.78 is 37.0. The SMILES string of the molecule is CCCN(CCCC(C)(C)C(=N)N)CC(F)(F)F. The van der Waals surface area contributed by atoms with Crippen molar-refractivity contribution >= 4 is 5.84 Å². The maximum atomic E-state index is 12.3. The second-order valence-electron chi connectivity index (χ2n) is 5.29. The third-order valence-electron chi connectivity index (χ3n) is 2.95. The van der Waals surface area contributed by atoms with Crippen LogP contribution in [0.3, 0.4) is 0 Å². The molecule has 0 aromatic rings. The van der Waals surface area contributed by atoms with Crippen LogP contribution in [-0.4, -0.2) is 36.5 Å². The zero-order valence-electron chi connectivity index (χ0n) is 11.4. The second kappa shape index (κ2) is 6.97. The van der Waals surface area contributed by atoms with Crippen LogP contribution < -0.4 is 5.73 Å². The molecule has 6 heteroatoms. The van der Waals surface area contributed by atoms with Gasteiger partial charge in [-0.1, -0.05) is 20.8 Å². The van der Waals surface area contributed by atoms with E-state index in [0.717, 1.165) is 0 Å². The molecule has 0 saturated heterocycles. The molecule has 0 saturated carbocycles. The van der Waals surface area contributed by atoms with Crippen molar-refractivity contribution in [3.05, 3.63) is 0 Å². The molecule has 18 heavy (non-hydrogen) atoms. The summed E-state index contributed by atoms with van der Waals surface area (Å²) in [6, 6.07) is 0. The first-order valence-electron chi connectivity index (χ1n) is 6.22. The molecule has 0 aliphatic rings. The van der Waals surface area contributed by atoms with Gasteiger partial charge in [-0.15, -0.1) is 0 Å². The normalized spacial score (nSPS) is 13.1. The summed E-state index contributed by atoms with van der Waals surface area (Å²) in [5.74, 6) is 0.0837. The number of halogens is 3. The number of hydrogen-bond acceptors (Lipinski definition) is 2. The predicted octanol–water partition coefficient (Wildman–Crippen LogP) is 3.00. The van der Waals surface area contributed by atoms with Crippen molar-refractivity contribution in [2.45, 2.75) is 46.2 Å². The first kappa shape index (κ1) is 17.2. The van der Waals surface area contributed by atoms with Crippen LogP contribution in [0.4, 0.5) is 13.2 Å². The number of alkyl halides is 3. The highest BCUT2D eigenvalue weighted by Gasteiger charge is 2.30. The summed E-state index contributed by atoms with van der Waals surface area (Å²) >= 11 is 0. The first-order valence-corrected chi connectivity index (χ1v) is 6.22. The topological polar surface area (TPSA) is 53.1 Å². The fraction of sp³-hybridized carbons (Fsp3) is 0.917. The van der Waals surface area contributed by atoms with Crippen LogP contribution in [0.15, 0.2) is 0 Å². The van der Waals surface area contributed by atoms with Crippen molar-refractivity contribution < 1.29 is 13.2 Å². The Morgan fingerprint density at radius 1 is 1.22 bits per heavy atom. The third-order valence-corrected chi connectivity index (χ3v) is 2.95. The lowest BCUT2D eigenvalue weighted by Gasteiger charge is -2.26. The lowest BCUT2D eigenvalue weighted by atomic mass is 9.86. The minimum atomic E-state index is -4.15. The van der Waals surface area contributed by atoms with E-state index in [9.17, 15) is 13.2 Å². The number of nitrogens with two attached hydrogens (primary N) is 1. The Morgan fingerprint density at radius 2 is 1.78 bits per heavy atom. The zero-order valence-corrected chi connectivity index (χ0v) is 11.4. The Kier molecular flexibility index (Phi) is 6.67. The standard InChI is InChI=1S/C12H24F3N3/c1-4-7-18(9-12(13,14)15)8-5-6-11(2,3)10(16)17/h4-9H2,1-3H3,(H3,16,17). The van der Waals surface area contributed by atoms with Gasteiger partial charge in [0.15, 0.2) is 0 Å². The summed E-state index contributed by atoms with van der Waals surface area (Å²) in [6.07, 6.45) is -2.21. The lowest BCUT2D eigenvalue weighted by molar-refractivity contribution is -0.146. The predicted molar refractivity (Wildman–Crippen MR) is 67.7 cm³/mol. The maximum Gasteiger partial charge on any atom is 0.401 e. The second-order valence-corrected chi connectivity index (χ2v) is 5.29. The fourth-order valence-corrected chi connectivity index (χ4v) is 1.72. The van der Waals surface area contributed by atoms with E-state index < -0.39 is 18.1 Å².